The van der Waals surface area contributed by atoms with Crippen LogP contribution in [0.2, 0.25) is 5.02 Å². The number of amides is 2. The van der Waals surface area contributed by atoms with Gasteiger partial charge in [-0.3, -0.25) is 14.5 Å². The fourth-order valence-corrected chi connectivity index (χ4v) is 4.72. The second-order valence-corrected chi connectivity index (χ2v) is 9.04. The van der Waals surface area contributed by atoms with Crippen LogP contribution in [-0.4, -0.2) is 52.9 Å². The summed E-state index contributed by atoms with van der Waals surface area (Å²) < 4.78 is 0. The quantitative estimate of drug-likeness (QED) is 0.485. The third-order valence-electron chi connectivity index (χ3n) is 6.55. The molecule has 0 atom stereocenters. The van der Waals surface area contributed by atoms with E-state index in [0.29, 0.717) is 22.7 Å². The van der Waals surface area contributed by atoms with Crippen molar-refractivity contribution in [3.8, 4) is 0 Å². The molecule has 164 valence electrons. The number of hydrogen-bond donors (Lipinski definition) is 1. The molecular formula is C25H29ClN2O3. The van der Waals surface area contributed by atoms with Gasteiger partial charge in [0.25, 0.3) is 11.8 Å². The molecule has 0 aromatic heterocycles. The molecule has 6 heteroatoms. The third kappa shape index (κ3) is 4.84. The van der Waals surface area contributed by atoms with Crippen molar-refractivity contribution in [2.45, 2.75) is 44.1 Å². The Morgan fingerprint density at radius 2 is 1.35 bits per heavy atom. The largest absolute Gasteiger partial charge is 0.385 e. The molecule has 2 aliphatic rings. The van der Waals surface area contributed by atoms with Gasteiger partial charge in [0.15, 0.2) is 0 Å². The van der Waals surface area contributed by atoms with Crippen LogP contribution in [0.25, 0.3) is 0 Å². The number of nitrogens with zero attached hydrogens (tertiary/aromatic N) is 2. The fraction of sp³-hybridized carbons (Fsp3) is 0.440. The summed E-state index contributed by atoms with van der Waals surface area (Å²) in [6.07, 6.45) is 5.45. The Balaban J connectivity index is 1.13. The molecule has 4 rings (SSSR count). The molecule has 1 N–H and O–H groups in total. The summed E-state index contributed by atoms with van der Waals surface area (Å²) in [7, 11) is 0. The Kier molecular flexibility index (Phi) is 6.75. The van der Waals surface area contributed by atoms with E-state index in [1.165, 1.54) is 4.90 Å². The number of rotatable bonds is 8. The number of likely N-dealkylation sites (tertiary alicyclic amines) is 1. The van der Waals surface area contributed by atoms with Gasteiger partial charge in [0, 0.05) is 24.7 Å². The lowest BCUT2D eigenvalue weighted by Gasteiger charge is -2.38. The van der Waals surface area contributed by atoms with Crippen LogP contribution in [0.5, 0.6) is 0 Å². The van der Waals surface area contributed by atoms with Crippen LogP contribution in [0.3, 0.4) is 0 Å². The normalized spacial score (nSPS) is 18.5. The number of aliphatic hydroxyl groups is 1. The van der Waals surface area contributed by atoms with Crippen LogP contribution >= 0.6 is 11.6 Å². The van der Waals surface area contributed by atoms with E-state index in [2.05, 4.69) is 4.90 Å². The SMILES string of the molecule is O=C1c2ccccc2C(=O)N1CCCCCCN1CCC(O)(c2ccc(Cl)cc2)CC1. The maximum absolute atomic E-state index is 12.4. The third-order valence-corrected chi connectivity index (χ3v) is 6.80. The van der Waals surface area contributed by atoms with Crippen molar-refractivity contribution < 1.29 is 14.7 Å². The number of carbonyl (C=O) groups excluding carboxylic acids is 2. The van der Waals surface area contributed by atoms with Gasteiger partial charge in [-0.15, -0.1) is 0 Å². The summed E-state index contributed by atoms with van der Waals surface area (Å²) in [6.45, 7) is 3.27. The topological polar surface area (TPSA) is 60.9 Å². The summed E-state index contributed by atoms with van der Waals surface area (Å²) in [4.78, 5) is 28.5. The number of carbonyl (C=O) groups is 2. The van der Waals surface area contributed by atoms with Crippen LogP contribution in [0.4, 0.5) is 0 Å². The van der Waals surface area contributed by atoms with Gasteiger partial charge in [0.2, 0.25) is 0 Å². The zero-order valence-corrected chi connectivity index (χ0v) is 18.5. The van der Waals surface area contributed by atoms with Crippen molar-refractivity contribution in [1.29, 1.82) is 0 Å². The van der Waals surface area contributed by atoms with Crippen LogP contribution in [-0.2, 0) is 5.60 Å². The molecule has 0 unspecified atom stereocenters. The Bertz CT molecular complexity index is 901. The van der Waals surface area contributed by atoms with E-state index < -0.39 is 5.60 Å². The van der Waals surface area contributed by atoms with E-state index in [-0.39, 0.29) is 11.8 Å². The lowest BCUT2D eigenvalue weighted by atomic mass is 9.84. The van der Waals surface area contributed by atoms with E-state index in [0.717, 1.165) is 63.7 Å². The summed E-state index contributed by atoms with van der Waals surface area (Å²) in [6, 6.07) is 14.6. The molecule has 0 saturated carbocycles. The molecule has 2 heterocycles. The maximum atomic E-state index is 12.4. The number of hydrogen-bond acceptors (Lipinski definition) is 4. The highest BCUT2D eigenvalue weighted by molar-refractivity contribution is 6.30. The first-order valence-electron chi connectivity index (χ1n) is 11.1. The number of imide groups is 1. The minimum Gasteiger partial charge on any atom is -0.385 e. The number of piperidine rings is 1. The second kappa shape index (κ2) is 9.51. The van der Waals surface area contributed by atoms with Crippen molar-refractivity contribution in [2.75, 3.05) is 26.2 Å². The van der Waals surface area contributed by atoms with Crippen molar-refractivity contribution in [2.24, 2.45) is 0 Å². The van der Waals surface area contributed by atoms with Gasteiger partial charge in [-0.1, -0.05) is 48.7 Å². The molecule has 0 spiro atoms. The summed E-state index contributed by atoms with van der Waals surface area (Å²) in [5.74, 6) is -0.329. The van der Waals surface area contributed by atoms with Gasteiger partial charge in [-0.05, 0) is 62.1 Å². The predicted octanol–water partition coefficient (Wildman–Crippen LogP) is 4.48. The molecule has 2 aromatic rings. The molecule has 31 heavy (non-hydrogen) atoms. The molecule has 2 aliphatic heterocycles. The van der Waals surface area contributed by atoms with Crippen molar-refractivity contribution >= 4 is 23.4 Å². The van der Waals surface area contributed by atoms with Crippen LogP contribution in [0.15, 0.2) is 48.5 Å². The summed E-state index contributed by atoms with van der Waals surface area (Å²) >= 11 is 5.96. The van der Waals surface area contributed by atoms with Crippen LogP contribution < -0.4 is 0 Å². The number of unbranched alkanes of at least 4 members (excludes halogenated alkanes) is 3. The van der Waals surface area contributed by atoms with Gasteiger partial charge in [0.1, 0.15) is 0 Å². The van der Waals surface area contributed by atoms with E-state index in [9.17, 15) is 14.7 Å². The molecule has 2 aromatic carbocycles. The molecule has 1 fully saturated rings. The van der Waals surface area contributed by atoms with Gasteiger partial charge in [-0.2, -0.15) is 0 Å². The standard InChI is InChI=1S/C25H29ClN2O3/c26-20-11-9-19(10-12-20)25(31)13-17-27(18-14-25)15-5-1-2-6-16-28-23(29)21-7-3-4-8-22(21)24(28)30/h3-4,7-12,31H,1-2,5-6,13-18H2. The molecule has 5 nitrogen and oxygen atoms in total. The first-order valence-corrected chi connectivity index (χ1v) is 11.5. The highest BCUT2D eigenvalue weighted by Crippen LogP contribution is 2.33. The van der Waals surface area contributed by atoms with Gasteiger partial charge in [-0.25, -0.2) is 0 Å². The minimum absolute atomic E-state index is 0.165. The Labute approximate surface area is 188 Å². The molecule has 0 aliphatic carbocycles. The van der Waals surface area contributed by atoms with Gasteiger partial charge < -0.3 is 10.0 Å². The lowest BCUT2D eigenvalue weighted by Crippen LogP contribution is -2.42. The molecule has 1 saturated heterocycles. The predicted molar refractivity (Wildman–Crippen MR) is 121 cm³/mol. The van der Waals surface area contributed by atoms with E-state index in [1.54, 1.807) is 24.3 Å². The highest BCUT2D eigenvalue weighted by atomic mass is 35.5. The lowest BCUT2D eigenvalue weighted by molar-refractivity contribution is -0.0261. The zero-order valence-electron chi connectivity index (χ0n) is 17.7. The van der Waals surface area contributed by atoms with Crippen LogP contribution in [0, 0.1) is 0 Å². The Morgan fingerprint density at radius 3 is 1.94 bits per heavy atom. The Hall–Kier alpha value is -2.21. The Morgan fingerprint density at radius 1 is 0.806 bits per heavy atom. The second-order valence-electron chi connectivity index (χ2n) is 8.60. The number of benzene rings is 2. The average Bonchev–Trinajstić information content (AvgIpc) is 3.03. The average molecular weight is 441 g/mol. The first-order chi connectivity index (χ1) is 15.0. The minimum atomic E-state index is -0.756. The number of halogens is 1. The van der Waals surface area contributed by atoms with Crippen molar-refractivity contribution in [3.63, 3.8) is 0 Å². The number of fused-ring (bicyclic) bond motifs is 1. The maximum Gasteiger partial charge on any atom is 0.261 e. The van der Waals surface area contributed by atoms with E-state index in [4.69, 9.17) is 11.6 Å². The van der Waals surface area contributed by atoms with E-state index in [1.807, 2.05) is 24.3 Å². The fourth-order valence-electron chi connectivity index (χ4n) is 4.60. The monoisotopic (exact) mass is 440 g/mol. The van der Waals surface area contributed by atoms with Gasteiger partial charge >= 0.3 is 0 Å². The van der Waals surface area contributed by atoms with Crippen molar-refractivity contribution in [3.05, 3.63) is 70.2 Å². The van der Waals surface area contributed by atoms with E-state index >= 15 is 0 Å². The van der Waals surface area contributed by atoms with Crippen molar-refractivity contribution in [1.82, 2.24) is 9.80 Å². The molecule has 2 amide bonds. The van der Waals surface area contributed by atoms with Gasteiger partial charge in [0.05, 0.1) is 16.7 Å². The summed E-state index contributed by atoms with van der Waals surface area (Å²) in [5.41, 5.74) is 1.24. The molecule has 0 radical (unpaired) electrons. The summed E-state index contributed by atoms with van der Waals surface area (Å²) in [5, 5.41) is 11.7. The first kappa shape index (κ1) is 22.0. The zero-order chi connectivity index (χ0) is 21.8. The molecule has 0 bridgehead atoms. The smallest absolute Gasteiger partial charge is 0.261 e. The van der Waals surface area contributed by atoms with Crippen LogP contribution in [0.1, 0.15) is 64.8 Å². The molecular weight excluding hydrogens is 412 g/mol. The highest BCUT2D eigenvalue weighted by Gasteiger charge is 2.35.